The van der Waals surface area contributed by atoms with Crippen molar-refractivity contribution < 1.29 is 9.72 Å². The normalized spacial score (nSPS) is 10.7. The number of nitrogens with two attached hydrogens (primary N) is 1. The largest absolute Gasteiger partial charge is 0.366 e. The highest BCUT2D eigenvalue weighted by molar-refractivity contribution is 8.09. The summed E-state index contributed by atoms with van der Waals surface area (Å²) in [7, 11) is 0. The van der Waals surface area contributed by atoms with Gasteiger partial charge in [-0.2, -0.15) is 0 Å². The number of rotatable bonds is 8. The number of terminal acetylenes is 1. The Hall–Kier alpha value is -2.78. The van der Waals surface area contributed by atoms with Crippen molar-refractivity contribution in [2.75, 3.05) is 0 Å². The minimum absolute atomic E-state index is 0.118. The first-order valence-electron chi connectivity index (χ1n) is 8.38. The molecule has 0 fully saturated rings. The van der Waals surface area contributed by atoms with Crippen LogP contribution in [0.2, 0.25) is 0 Å². The molecule has 0 saturated heterocycles. The third-order valence-electron chi connectivity index (χ3n) is 2.86. The maximum atomic E-state index is 11.7. The molecule has 0 aliphatic rings. The van der Waals surface area contributed by atoms with Crippen LogP contribution < -0.4 is 5.73 Å². The third-order valence-corrected chi connectivity index (χ3v) is 4.06. The number of benzene rings is 1. The second-order valence-corrected chi connectivity index (χ2v) is 6.21. The van der Waals surface area contributed by atoms with Crippen molar-refractivity contribution in [3.8, 4) is 12.3 Å². The zero-order valence-corrected chi connectivity index (χ0v) is 17.2. The lowest BCUT2D eigenvalue weighted by Crippen LogP contribution is -2.14. The van der Waals surface area contributed by atoms with Crippen LogP contribution in [-0.4, -0.2) is 16.1 Å². The van der Waals surface area contributed by atoms with Crippen molar-refractivity contribution in [1.82, 2.24) is 0 Å². The van der Waals surface area contributed by atoms with Crippen molar-refractivity contribution in [2.24, 2.45) is 5.73 Å². The quantitative estimate of drug-likeness (QED) is 0.272. The van der Waals surface area contributed by atoms with E-state index in [4.69, 9.17) is 5.73 Å². The molecule has 146 valence electrons. The molecule has 1 unspecified atom stereocenters. The fourth-order valence-electron chi connectivity index (χ4n) is 1.72. The summed E-state index contributed by atoms with van der Waals surface area (Å²) in [5.74, 6) is 1.55. The highest BCUT2D eigenvalue weighted by Crippen LogP contribution is 2.35. The lowest BCUT2D eigenvalue weighted by Gasteiger charge is -2.13. The van der Waals surface area contributed by atoms with Crippen LogP contribution in [0.5, 0.6) is 0 Å². The molecule has 0 aliphatic carbocycles. The Morgan fingerprint density at radius 2 is 1.96 bits per heavy atom. The van der Waals surface area contributed by atoms with E-state index in [-0.39, 0.29) is 16.5 Å². The first-order chi connectivity index (χ1) is 12.8. The van der Waals surface area contributed by atoms with E-state index in [1.165, 1.54) is 23.9 Å². The molecule has 0 spiro atoms. The number of hydrogen-bond donors (Lipinski definition) is 1. The summed E-state index contributed by atoms with van der Waals surface area (Å²) in [4.78, 5) is 22.8. The monoisotopic (exact) mass is 388 g/mol. The molecule has 0 heterocycles. The minimum Gasteiger partial charge on any atom is -0.366 e. The maximum absolute atomic E-state index is 11.7. The summed E-state index contributed by atoms with van der Waals surface area (Å²) in [6, 6.07) is 4.12. The van der Waals surface area contributed by atoms with E-state index in [9.17, 15) is 14.9 Å². The van der Waals surface area contributed by atoms with Gasteiger partial charge in [0.1, 0.15) is 0 Å². The van der Waals surface area contributed by atoms with Gasteiger partial charge in [0.25, 0.3) is 5.69 Å². The Morgan fingerprint density at radius 1 is 1.41 bits per heavy atom. The number of non-ortho nitro benzene ring substituents is 1. The number of carbonyl (C=O) groups excluding carboxylic acids is 1. The summed E-state index contributed by atoms with van der Waals surface area (Å²) >= 11 is 1.50. The van der Waals surface area contributed by atoms with Gasteiger partial charge in [0.2, 0.25) is 5.91 Å². The predicted molar refractivity (Wildman–Crippen MR) is 118 cm³/mol. The average Bonchev–Trinajstić information content (AvgIpc) is 2.66. The van der Waals surface area contributed by atoms with E-state index in [2.05, 4.69) is 25.5 Å². The van der Waals surface area contributed by atoms with Crippen molar-refractivity contribution in [3.63, 3.8) is 0 Å². The van der Waals surface area contributed by atoms with Crippen LogP contribution in [0.15, 0.2) is 49.6 Å². The maximum Gasteiger partial charge on any atom is 0.270 e. The number of hydrogen-bond acceptors (Lipinski definition) is 4. The molecule has 0 radical (unpaired) electrons. The molecule has 0 aliphatic heterocycles. The minimum atomic E-state index is -0.699. The van der Waals surface area contributed by atoms with Crippen LogP contribution in [0.1, 0.15) is 50.0 Å². The number of amides is 1. The molecule has 1 aromatic carbocycles. The van der Waals surface area contributed by atoms with E-state index >= 15 is 0 Å². The van der Waals surface area contributed by atoms with Crippen molar-refractivity contribution >= 4 is 28.3 Å². The molecule has 6 heteroatoms. The highest BCUT2D eigenvalue weighted by atomic mass is 32.2. The Kier molecular flexibility index (Phi) is 15.2. The van der Waals surface area contributed by atoms with E-state index in [1.807, 2.05) is 26.8 Å². The van der Waals surface area contributed by atoms with Crippen LogP contribution in [-0.2, 0) is 0 Å². The van der Waals surface area contributed by atoms with Crippen LogP contribution in [0, 0.1) is 22.5 Å². The van der Waals surface area contributed by atoms with Crippen molar-refractivity contribution in [3.05, 3.63) is 70.8 Å². The van der Waals surface area contributed by atoms with Gasteiger partial charge in [0, 0.05) is 27.9 Å². The second kappa shape index (κ2) is 15.5. The molecule has 0 aromatic heterocycles. The number of primary amides is 1. The molecular formula is C21H28N2O3S. The number of carbonyl (C=O) groups is 1. The highest BCUT2D eigenvalue weighted by Gasteiger charge is 2.18. The van der Waals surface area contributed by atoms with Gasteiger partial charge in [0.05, 0.1) is 10.5 Å². The van der Waals surface area contributed by atoms with E-state index < -0.39 is 10.8 Å². The lowest BCUT2D eigenvalue weighted by molar-refractivity contribution is -0.384. The van der Waals surface area contributed by atoms with Gasteiger partial charge in [-0.3, -0.25) is 14.9 Å². The fraction of sp³-hybridized carbons (Fsp3) is 0.286. The zero-order valence-electron chi connectivity index (χ0n) is 16.4. The van der Waals surface area contributed by atoms with E-state index in [0.717, 1.165) is 4.91 Å². The Morgan fingerprint density at radius 3 is 2.37 bits per heavy atom. The molecule has 27 heavy (non-hydrogen) atoms. The van der Waals surface area contributed by atoms with Gasteiger partial charge in [0.15, 0.2) is 0 Å². The SMILES string of the molecule is C#CC.C=CC/C=C(\SC(C)C=C)c1ccc([N+](=O)[O-])cc1C(N)=O.CC. The molecule has 1 aromatic rings. The standard InChI is InChI=1S/C16H18N2O3S.C3H4.C2H6/c1-4-6-7-15(22-11(3)5-2)13-9-8-12(18(20)21)10-14(13)16(17)19;1-3-2;1-2/h4-5,7-11H,1-2,6H2,3H3,(H2,17,19);1H,2H3;1-2H3/b15-7-;;. The number of nitro groups is 1. The van der Waals surface area contributed by atoms with Crippen LogP contribution in [0.3, 0.4) is 0 Å². The first kappa shape index (κ1) is 26.4. The van der Waals surface area contributed by atoms with Crippen molar-refractivity contribution in [1.29, 1.82) is 0 Å². The Bertz CT molecular complexity index is 719. The van der Waals surface area contributed by atoms with Crippen LogP contribution in [0.25, 0.3) is 4.91 Å². The second-order valence-electron chi connectivity index (χ2n) is 4.79. The third kappa shape index (κ3) is 10.1. The summed E-state index contributed by atoms with van der Waals surface area (Å²) in [5.41, 5.74) is 5.93. The number of nitrogens with zero attached hydrogens (tertiary/aromatic N) is 1. The Balaban J connectivity index is 0. The van der Waals surface area contributed by atoms with E-state index in [0.29, 0.717) is 12.0 Å². The first-order valence-corrected chi connectivity index (χ1v) is 9.26. The fourth-order valence-corrected chi connectivity index (χ4v) is 2.72. The smallest absolute Gasteiger partial charge is 0.270 e. The van der Waals surface area contributed by atoms with Gasteiger partial charge >= 0.3 is 0 Å². The molecule has 1 atom stereocenters. The summed E-state index contributed by atoms with van der Waals surface area (Å²) in [6.45, 7) is 15.0. The number of nitro benzene ring substituents is 1. The van der Waals surface area contributed by atoms with Crippen LogP contribution >= 0.6 is 11.8 Å². The molecule has 1 amide bonds. The zero-order chi connectivity index (χ0) is 21.4. The number of thioether (sulfide) groups is 1. The van der Waals surface area contributed by atoms with E-state index in [1.54, 1.807) is 25.1 Å². The Labute approximate surface area is 166 Å². The van der Waals surface area contributed by atoms with Gasteiger partial charge in [-0.05, 0) is 26.3 Å². The molecule has 0 saturated carbocycles. The molecule has 5 nitrogen and oxygen atoms in total. The van der Waals surface area contributed by atoms with Crippen LogP contribution in [0.4, 0.5) is 5.69 Å². The summed E-state index contributed by atoms with van der Waals surface area (Å²) < 4.78 is 0. The van der Waals surface area contributed by atoms with Gasteiger partial charge < -0.3 is 5.73 Å². The molecule has 1 rings (SSSR count). The van der Waals surface area contributed by atoms with Gasteiger partial charge in [-0.15, -0.1) is 37.3 Å². The lowest BCUT2D eigenvalue weighted by atomic mass is 10.0. The summed E-state index contributed by atoms with van der Waals surface area (Å²) in [5, 5.41) is 11.0. The predicted octanol–water partition coefficient (Wildman–Crippen LogP) is 5.58. The molecule has 0 bridgehead atoms. The number of allylic oxidation sites excluding steroid dienone is 2. The van der Waals surface area contributed by atoms with Gasteiger partial charge in [-0.1, -0.05) is 32.1 Å². The van der Waals surface area contributed by atoms with Gasteiger partial charge in [-0.25, -0.2) is 0 Å². The molecular weight excluding hydrogens is 360 g/mol. The van der Waals surface area contributed by atoms with Crippen molar-refractivity contribution in [2.45, 2.75) is 39.4 Å². The average molecular weight is 389 g/mol. The molecule has 2 N–H and O–H groups in total. The topological polar surface area (TPSA) is 86.2 Å². The summed E-state index contributed by atoms with van der Waals surface area (Å²) in [6.07, 6.45) is 10.6.